The van der Waals surface area contributed by atoms with Gasteiger partial charge in [-0.2, -0.15) is 5.10 Å². The fourth-order valence-electron chi connectivity index (χ4n) is 1.63. The highest BCUT2D eigenvalue weighted by atomic mass is 19.1. The van der Waals surface area contributed by atoms with Crippen LogP contribution in [0.15, 0.2) is 53.6 Å². The molecule has 0 bridgehead atoms. The number of benzene rings is 2. The largest absolute Gasteiger partial charge is 0.496 e. The molecule has 0 radical (unpaired) electrons. The standard InChI is InChI=1S/C15H13FN2O2/c1-20-14-9-5-3-7-12(14)15(19)18-17-10-11-6-2-4-8-13(11)16/h2-10H,1H3,(H,18,19). The molecule has 0 heterocycles. The van der Waals surface area contributed by atoms with Crippen molar-refractivity contribution in [2.45, 2.75) is 0 Å². The fraction of sp³-hybridized carbons (Fsp3) is 0.0667. The normalized spacial score (nSPS) is 10.5. The fourth-order valence-corrected chi connectivity index (χ4v) is 1.63. The first kappa shape index (κ1) is 13.7. The van der Waals surface area contributed by atoms with Gasteiger partial charge in [-0.1, -0.05) is 30.3 Å². The van der Waals surface area contributed by atoms with Crippen LogP contribution in [-0.2, 0) is 0 Å². The van der Waals surface area contributed by atoms with Gasteiger partial charge < -0.3 is 4.74 Å². The Bertz CT molecular complexity index is 641. The molecular weight excluding hydrogens is 259 g/mol. The molecule has 0 aromatic heterocycles. The number of nitrogens with zero attached hydrogens (tertiary/aromatic N) is 1. The Kier molecular flexibility index (Phi) is 4.44. The number of ether oxygens (including phenoxy) is 1. The van der Waals surface area contributed by atoms with E-state index in [1.54, 1.807) is 42.5 Å². The second-order valence-corrected chi connectivity index (χ2v) is 3.92. The maximum atomic E-state index is 13.3. The summed E-state index contributed by atoms with van der Waals surface area (Å²) in [6, 6.07) is 12.9. The smallest absolute Gasteiger partial charge is 0.275 e. The number of carbonyl (C=O) groups is 1. The van der Waals surface area contributed by atoms with Gasteiger partial charge >= 0.3 is 0 Å². The van der Waals surface area contributed by atoms with E-state index in [4.69, 9.17) is 4.74 Å². The predicted octanol–water partition coefficient (Wildman–Crippen LogP) is 2.60. The van der Waals surface area contributed by atoms with Crippen LogP contribution in [0.5, 0.6) is 5.75 Å². The van der Waals surface area contributed by atoms with E-state index in [9.17, 15) is 9.18 Å². The van der Waals surface area contributed by atoms with E-state index < -0.39 is 11.7 Å². The van der Waals surface area contributed by atoms with E-state index >= 15 is 0 Å². The number of hydrogen-bond acceptors (Lipinski definition) is 3. The molecule has 4 nitrogen and oxygen atoms in total. The molecule has 2 aromatic rings. The van der Waals surface area contributed by atoms with Crippen molar-refractivity contribution in [3.05, 3.63) is 65.5 Å². The van der Waals surface area contributed by atoms with Crippen LogP contribution in [0, 0.1) is 5.82 Å². The molecule has 0 aliphatic heterocycles. The molecule has 0 fully saturated rings. The van der Waals surface area contributed by atoms with Crippen LogP contribution >= 0.6 is 0 Å². The van der Waals surface area contributed by atoms with Crippen LogP contribution in [0.3, 0.4) is 0 Å². The van der Waals surface area contributed by atoms with Crippen molar-refractivity contribution >= 4 is 12.1 Å². The predicted molar refractivity (Wildman–Crippen MR) is 74.5 cm³/mol. The Hall–Kier alpha value is -2.69. The zero-order chi connectivity index (χ0) is 14.4. The molecule has 2 rings (SSSR count). The monoisotopic (exact) mass is 272 g/mol. The van der Waals surface area contributed by atoms with Crippen molar-refractivity contribution in [3.63, 3.8) is 0 Å². The van der Waals surface area contributed by atoms with Crippen molar-refractivity contribution in [1.29, 1.82) is 0 Å². The summed E-state index contributed by atoms with van der Waals surface area (Å²) in [4.78, 5) is 11.9. The van der Waals surface area contributed by atoms with E-state index in [0.29, 0.717) is 16.9 Å². The van der Waals surface area contributed by atoms with Crippen LogP contribution in [0.4, 0.5) is 4.39 Å². The molecule has 102 valence electrons. The molecule has 20 heavy (non-hydrogen) atoms. The quantitative estimate of drug-likeness (QED) is 0.687. The van der Waals surface area contributed by atoms with E-state index in [-0.39, 0.29) is 0 Å². The molecule has 0 spiro atoms. The molecule has 0 aliphatic rings. The third kappa shape index (κ3) is 3.20. The van der Waals surface area contributed by atoms with Gasteiger partial charge in [-0.05, 0) is 18.2 Å². The number of hydrazone groups is 1. The Balaban J connectivity index is 2.07. The number of halogens is 1. The zero-order valence-corrected chi connectivity index (χ0v) is 10.8. The van der Waals surface area contributed by atoms with Crippen molar-refractivity contribution in [3.8, 4) is 5.75 Å². The summed E-state index contributed by atoms with van der Waals surface area (Å²) in [5.41, 5.74) is 2.99. The molecule has 0 saturated heterocycles. The van der Waals surface area contributed by atoms with Crippen molar-refractivity contribution < 1.29 is 13.9 Å². The van der Waals surface area contributed by atoms with Crippen LogP contribution in [0.1, 0.15) is 15.9 Å². The van der Waals surface area contributed by atoms with E-state index in [1.807, 2.05) is 0 Å². The first-order valence-electron chi connectivity index (χ1n) is 5.93. The maximum Gasteiger partial charge on any atom is 0.275 e. The first-order valence-corrected chi connectivity index (χ1v) is 5.93. The number of methoxy groups -OCH3 is 1. The Morgan fingerprint density at radius 1 is 1.20 bits per heavy atom. The third-order valence-corrected chi connectivity index (χ3v) is 2.63. The molecule has 0 aliphatic carbocycles. The van der Waals surface area contributed by atoms with Crippen LogP contribution in [0.2, 0.25) is 0 Å². The Morgan fingerprint density at radius 2 is 1.90 bits per heavy atom. The average Bonchev–Trinajstić information content (AvgIpc) is 2.49. The van der Waals surface area contributed by atoms with Crippen molar-refractivity contribution in [1.82, 2.24) is 5.43 Å². The van der Waals surface area contributed by atoms with E-state index in [2.05, 4.69) is 10.5 Å². The van der Waals surface area contributed by atoms with Crippen molar-refractivity contribution in [2.75, 3.05) is 7.11 Å². The van der Waals surface area contributed by atoms with Gasteiger partial charge in [0.1, 0.15) is 11.6 Å². The van der Waals surface area contributed by atoms with Crippen LogP contribution in [0.25, 0.3) is 0 Å². The first-order chi connectivity index (χ1) is 9.72. The Labute approximate surface area is 115 Å². The highest BCUT2D eigenvalue weighted by molar-refractivity contribution is 5.97. The van der Waals surface area contributed by atoms with E-state index in [0.717, 1.165) is 0 Å². The van der Waals surface area contributed by atoms with E-state index in [1.165, 1.54) is 19.4 Å². The summed E-state index contributed by atoms with van der Waals surface area (Å²) < 4.78 is 18.4. The lowest BCUT2D eigenvalue weighted by atomic mass is 10.2. The second kappa shape index (κ2) is 6.47. The second-order valence-electron chi connectivity index (χ2n) is 3.92. The van der Waals surface area contributed by atoms with Crippen LogP contribution < -0.4 is 10.2 Å². The molecule has 0 unspecified atom stereocenters. The number of carbonyl (C=O) groups excluding carboxylic acids is 1. The maximum absolute atomic E-state index is 13.3. The van der Waals surface area contributed by atoms with Gasteiger partial charge in [0, 0.05) is 5.56 Å². The molecule has 5 heteroatoms. The Morgan fingerprint density at radius 3 is 2.65 bits per heavy atom. The summed E-state index contributed by atoms with van der Waals surface area (Å²) in [6.45, 7) is 0. The topological polar surface area (TPSA) is 50.7 Å². The summed E-state index contributed by atoms with van der Waals surface area (Å²) in [6.07, 6.45) is 1.25. The minimum absolute atomic E-state index is 0.299. The summed E-state index contributed by atoms with van der Waals surface area (Å²) in [7, 11) is 1.48. The lowest BCUT2D eigenvalue weighted by Crippen LogP contribution is -2.18. The highest BCUT2D eigenvalue weighted by Crippen LogP contribution is 2.16. The number of nitrogens with one attached hydrogen (secondary N) is 1. The lowest BCUT2D eigenvalue weighted by molar-refractivity contribution is 0.0952. The molecule has 0 atom stereocenters. The zero-order valence-electron chi connectivity index (χ0n) is 10.8. The summed E-state index contributed by atoms with van der Waals surface area (Å²) >= 11 is 0. The average molecular weight is 272 g/mol. The highest BCUT2D eigenvalue weighted by Gasteiger charge is 2.09. The lowest BCUT2D eigenvalue weighted by Gasteiger charge is -2.05. The SMILES string of the molecule is COc1ccccc1C(=O)NN=Cc1ccccc1F. The molecule has 1 N–H and O–H groups in total. The molecular formula is C15H13FN2O2. The number of rotatable bonds is 4. The van der Waals surface area contributed by atoms with Gasteiger partial charge in [0.05, 0.1) is 18.9 Å². The van der Waals surface area contributed by atoms with Gasteiger partial charge in [-0.15, -0.1) is 0 Å². The number of amides is 1. The van der Waals surface area contributed by atoms with Crippen LogP contribution in [-0.4, -0.2) is 19.2 Å². The summed E-state index contributed by atoms with van der Waals surface area (Å²) in [5, 5.41) is 3.73. The third-order valence-electron chi connectivity index (χ3n) is 2.63. The van der Waals surface area contributed by atoms with Gasteiger partial charge in [0.2, 0.25) is 0 Å². The minimum Gasteiger partial charge on any atom is -0.496 e. The number of hydrogen-bond donors (Lipinski definition) is 1. The van der Waals surface area contributed by atoms with Gasteiger partial charge in [-0.3, -0.25) is 4.79 Å². The summed E-state index contributed by atoms with van der Waals surface area (Å²) in [5.74, 6) is -0.371. The molecule has 2 aromatic carbocycles. The van der Waals surface area contributed by atoms with Gasteiger partial charge in [0.25, 0.3) is 5.91 Å². The minimum atomic E-state index is -0.421. The molecule has 0 saturated carbocycles. The van der Waals surface area contributed by atoms with Crippen molar-refractivity contribution in [2.24, 2.45) is 5.10 Å². The van der Waals surface area contributed by atoms with Gasteiger partial charge in [0.15, 0.2) is 0 Å². The molecule has 1 amide bonds. The number of para-hydroxylation sites is 1. The van der Waals surface area contributed by atoms with Gasteiger partial charge in [-0.25, -0.2) is 9.82 Å².